The normalized spacial score (nSPS) is 19.1. The third kappa shape index (κ3) is 1.55. The number of anilines is 1. The van der Waals surface area contributed by atoms with E-state index in [-0.39, 0.29) is 11.6 Å². The van der Waals surface area contributed by atoms with Gasteiger partial charge < -0.3 is 10.1 Å². The molecule has 1 N–H and O–H groups in total. The van der Waals surface area contributed by atoms with Gasteiger partial charge in [-0.25, -0.2) is 8.42 Å². The molecule has 0 saturated heterocycles. The zero-order valence-corrected chi connectivity index (χ0v) is 9.34. The first kappa shape index (κ1) is 10.3. The molecule has 15 heavy (non-hydrogen) atoms. The molecule has 0 aromatic heterocycles. The summed E-state index contributed by atoms with van der Waals surface area (Å²) in [6.07, 6.45) is 0. The van der Waals surface area contributed by atoms with E-state index in [9.17, 15) is 8.42 Å². The lowest BCUT2D eigenvalue weighted by Crippen LogP contribution is -2.36. The van der Waals surface area contributed by atoms with Crippen molar-refractivity contribution in [3.8, 4) is 5.75 Å². The lowest BCUT2D eigenvalue weighted by molar-refractivity contribution is 0.414. The van der Waals surface area contributed by atoms with Crippen molar-refractivity contribution in [2.45, 2.75) is 4.90 Å². The van der Waals surface area contributed by atoms with Crippen LogP contribution in [0.4, 0.5) is 5.69 Å². The Balaban J connectivity index is 2.58. The highest BCUT2D eigenvalue weighted by atomic mass is 32.2. The zero-order valence-electron chi connectivity index (χ0n) is 8.52. The number of nitrogens with zero attached hydrogens (tertiary/aromatic N) is 1. The van der Waals surface area contributed by atoms with Gasteiger partial charge in [-0.05, 0) is 12.1 Å². The zero-order chi connectivity index (χ0) is 11.1. The standard InChI is InChI=1S/C9H12N2O3S/c1-11-6-10-8-5-7(14-2)3-4-9(8)15(11,12)13/h3-5,10H,6H2,1-2H3. The fourth-order valence-electron chi connectivity index (χ4n) is 1.45. The smallest absolute Gasteiger partial charge is 0.246 e. The predicted molar refractivity (Wildman–Crippen MR) is 56.4 cm³/mol. The number of hydrogen-bond donors (Lipinski definition) is 1. The Kier molecular flexibility index (Phi) is 2.32. The van der Waals surface area contributed by atoms with E-state index < -0.39 is 10.0 Å². The fourth-order valence-corrected chi connectivity index (χ4v) is 2.67. The summed E-state index contributed by atoms with van der Waals surface area (Å²) in [5.74, 6) is 0.640. The minimum absolute atomic E-state index is 0.280. The van der Waals surface area contributed by atoms with Crippen LogP contribution in [-0.2, 0) is 10.0 Å². The monoisotopic (exact) mass is 228 g/mol. The van der Waals surface area contributed by atoms with Gasteiger partial charge in [0.15, 0.2) is 0 Å². The number of methoxy groups -OCH3 is 1. The Labute approximate surface area is 88.7 Å². The molecule has 0 spiro atoms. The lowest BCUT2D eigenvalue weighted by Gasteiger charge is -2.26. The van der Waals surface area contributed by atoms with Crippen molar-refractivity contribution >= 4 is 15.7 Å². The maximum Gasteiger partial charge on any atom is 0.246 e. The highest BCUT2D eigenvalue weighted by Crippen LogP contribution is 2.31. The van der Waals surface area contributed by atoms with Crippen LogP contribution in [0.25, 0.3) is 0 Å². The first-order chi connectivity index (χ1) is 7.05. The van der Waals surface area contributed by atoms with Crippen LogP contribution in [0.1, 0.15) is 0 Å². The summed E-state index contributed by atoms with van der Waals surface area (Å²) < 4.78 is 30.0. The van der Waals surface area contributed by atoms with Gasteiger partial charge in [-0.1, -0.05) is 0 Å². The van der Waals surface area contributed by atoms with Crippen molar-refractivity contribution in [3.63, 3.8) is 0 Å². The molecule has 0 radical (unpaired) electrons. The SMILES string of the molecule is COc1ccc2c(c1)NCN(C)S2(=O)=O. The van der Waals surface area contributed by atoms with Gasteiger partial charge in [0.05, 0.1) is 19.5 Å². The van der Waals surface area contributed by atoms with E-state index in [0.717, 1.165) is 0 Å². The van der Waals surface area contributed by atoms with Gasteiger partial charge in [0, 0.05) is 13.1 Å². The highest BCUT2D eigenvalue weighted by molar-refractivity contribution is 7.89. The van der Waals surface area contributed by atoms with Gasteiger partial charge in [0.25, 0.3) is 0 Å². The van der Waals surface area contributed by atoms with Crippen molar-refractivity contribution in [1.29, 1.82) is 0 Å². The van der Waals surface area contributed by atoms with E-state index in [1.807, 2.05) is 0 Å². The molecule has 0 bridgehead atoms. The molecular weight excluding hydrogens is 216 g/mol. The van der Waals surface area contributed by atoms with E-state index in [1.54, 1.807) is 25.3 Å². The maximum atomic E-state index is 11.8. The van der Waals surface area contributed by atoms with Crippen LogP contribution in [0, 0.1) is 0 Å². The molecule has 1 aliphatic heterocycles. The largest absolute Gasteiger partial charge is 0.497 e. The minimum Gasteiger partial charge on any atom is -0.497 e. The molecule has 0 atom stereocenters. The second kappa shape index (κ2) is 3.39. The van der Waals surface area contributed by atoms with Crippen LogP contribution in [0.3, 0.4) is 0 Å². The van der Waals surface area contributed by atoms with Crippen LogP contribution < -0.4 is 10.1 Å². The average Bonchev–Trinajstić information content (AvgIpc) is 2.23. The van der Waals surface area contributed by atoms with Crippen molar-refractivity contribution in [3.05, 3.63) is 18.2 Å². The Morgan fingerprint density at radius 1 is 1.47 bits per heavy atom. The molecule has 0 amide bonds. The molecule has 1 aromatic carbocycles. The number of hydrogen-bond acceptors (Lipinski definition) is 4. The van der Waals surface area contributed by atoms with Gasteiger partial charge in [0.1, 0.15) is 10.6 Å². The Morgan fingerprint density at radius 2 is 2.20 bits per heavy atom. The summed E-state index contributed by atoms with van der Waals surface area (Å²) >= 11 is 0. The molecule has 2 rings (SSSR count). The quantitative estimate of drug-likeness (QED) is 0.768. The number of benzene rings is 1. The molecule has 0 fully saturated rings. The first-order valence-electron chi connectivity index (χ1n) is 4.44. The summed E-state index contributed by atoms with van der Waals surface area (Å²) in [5, 5.41) is 3.01. The Bertz CT molecular complexity index is 484. The number of nitrogens with one attached hydrogen (secondary N) is 1. The summed E-state index contributed by atoms with van der Waals surface area (Å²) in [4.78, 5) is 0.289. The predicted octanol–water partition coefficient (Wildman–Crippen LogP) is 0.699. The lowest BCUT2D eigenvalue weighted by atomic mass is 10.3. The van der Waals surface area contributed by atoms with Gasteiger partial charge in [-0.2, -0.15) is 4.31 Å². The Morgan fingerprint density at radius 3 is 2.87 bits per heavy atom. The van der Waals surface area contributed by atoms with E-state index in [1.165, 1.54) is 11.4 Å². The summed E-state index contributed by atoms with van der Waals surface area (Å²) in [6.45, 7) is 0.280. The molecular formula is C9H12N2O3S. The molecule has 82 valence electrons. The van der Waals surface area contributed by atoms with Gasteiger partial charge >= 0.3 is 0 Å². The second-order valence-corrected chi connectivity index (χ2v) is 5.31. The van der Waals surface area contributed by atoms with Crippen molar-refractivity contribution < 1.29 is 13.2 Å². The van der Waals surface area contributed by atoms with Gasteiger partial charge in [-0.3, -0.25) is 0 Å². The second-order valence-electron chi connectivity index (χ2n) is 3.30. The first-order valence-corrected chi connectivity index (χ1v) is 5.88. The van der Waals surface area contributed by atoms with Crippen LogP contribution in [-0.4, -0.2) is 33.5 Å². The molecule has 0 unspecified atom stereocenters. The summed E-state index contributed by atoms with van der Waals surface area (Å²) in [6, 6.07) is 4.86. The average molecular weight is 228 g/mol. The third-order valence-electron chi connectivity index (χ3n) is 2.37. The van der Waals surface area contributed by atoms with Crippen molar-refractivity contribution in [2.75, 3.05) is 26.1 Å². The topological polar surface area (TPSA) is 58.6 Å². The maximum absolute atomic E-state index is 11.8. The van der Waals surface area contributed by atoms with Crippen LogP contribution in [0.15, 0.2) is 23.1 Å². The number of sulfonamides is 1. The summed E-state index contributed by atoms with van der Waals surface area (Å²) in [5.41, 5.74) is 0.590. The molecule has 6 heteroatoms. The number of rotatable bonds is 1. The van der Waals surface area contributed by atoms with Gasteiger partial charge in [0.2, 0.25) is 10.0 Å². The van der Waals surface area contributed by atoms with Crippen molar-refractivity contribution in [1.82, 2.24) is 4.31 Å². The third-order valence-corrected chi connectivity index (χ3v) is 4.23. The van der Waals surface area contributed by atoms with E-state index in [0.29, 0.717) is 11.4 Å². The highest BCUT2D eigenvalue weighted by Gasteiger charge is 2.28. The molecule has 1 aliphatic rings. The van der Waals surface area contributed by atoms with E-state index in [2.05, 4.69) is 5.32 Å². The molecule has 0 aliphatic carbocycles. The fraction of sp³-hybridized carbons (Fsp3) is 0.333. The molecule has 1 heterocycles. The van der Waals surface area contributed by atoms with Crippen LogP contribution in [0.2, 0.25) is 0 Å². The molecule has 0 saturated carbocycles. The number of ether oxygens (including phenoxy) is 1. The Hall–Kier alpha value is -1.27. The summed E-state index contributed by atoms with van der Waals surface area (Å²) in [7, 11) is -0.246. The molecule has 5 nitrogen and oxygen atoms in total. The number of fused-ring (bicyclic) bond motifs is 1. The van der Waals surface area contributed by atoms with E-state index >= 15 is 0 Å². The van der Waals surface area contributed by atoms with Crippen LogP contribution >= 0.6 is 0 Å². The van der Waals surface area contributed by atoms with Gasteiger partial charge in [-0.15, -0.1) is 0 Å². The van der Waals surface area contributed by atoms with Crippen LogP contribution in [0.5, 0.6) is 5.75 Å². The van der Waals surface area contributed by atoms with Crippen molar-refractivity contribution in [2.24, 2.45) is 0 Å². The van der Waals surface area contributed by atoms with E-state index in [4.69, 9.17) is 4.74 Å². The minimum atomic E-state index is -3.33. The molecule has 1 aromatic rings.